The van der Waals surface area contributed by atoms with Crippen LogP contribution in [0.2, 0.25) is 0 Å². The molecular weight excluding hydrogens is 205 g/mol. The Hall–Kier alpha value is 0.280. The largest absolute Gasteiger partial charge is 0.309 e. The van der Waals surface area contributed by atoms with Gasteiger partial charge in [0.15, 0.2) is 0 Å². The molecule has 0 aromatic carbocycles. The van der Waals surface area contributed by atoms with E-state index >= 15 is 0 Å². The van der Waals surface area contributed by atoms with Gasteiger partial charge in [0, 0.05) is 23.2 Å². The summed E-state index contributed by atoms with van der Waals surface area (Å²) < 4.78 is 0. The molecule has 3 unspecified atom stereocenters. The SMILES string of the molecule is CC1CCC(NC/C(Cl)=C/Cl)C1C. The van der Waals surface area contributed by atoms with Crippen LogP contribution in [0.15, 0.2) is 10.6 Å². The second-order valence-electron chi connectivity index (χ2n) is 3.96. The highest BCUT2D eigenvalue weighted by atomic mass is 35.5. The maximum atomic E-state index is 5.79. The molecule has 3 atom stereocenters. The van der Waals surface area contributed by atoms with Crippen LogP contribution in [0, 0.1) is 11.8 Å². The van der Waals surface area contributed by atoms with Gasteiger partial charge in [-0.1, -0.05) is 37.0 Å². The minimum atomic E-state index is 0.611. The number of nitrogens with one attached hydrogen (secondary N) is 1. The fourth-order valence-corrected chi connectivity index (χ4v) is 2.07. The van der Waals surface area contributed by atoms with E-state index in [1.54, 1.807) is 0 Å². The molecule has 13 heavy (non-hydrogen) atoms. The van der Waals surface area contributed by atoms with E-state index < -0.39 is 0 Å². The molecule has 1 fully saturated rings. The number of hydrogen-bond donors (Lipinski definition) is 1. The van der Waals surface area contributed by atoms with E-state index in [2.05, 4.69) is 19.2 Å². The maximum absolute atomic E-state index is 5.79. The van der Waals surface area contributed by atoms with E-state index in [0.29, 0.717) is 17.6 Å². The van der Waals surface area contributed by atoms with Crippen LogP contribution in [-0.4, -0.2) is 12.6 Å². The molecule has 0 aromatic heterocycles. The second-order valence-corrected chi connectivity index (χ2v) is 4.66. The van der Waals surface area contributed by atoms with Gasteiger partial charge < -0.3 is 5.32 Å². The van der Waals surface area contributed by atoms with Gasteiger partial charge >= 0.3 is 0 Å². The molecule has 1 aliphatic rings. The predicted octanol–water partition coefficient (Wildman–Crippen LogP) is 3.33. The van der Waals surface area contributed by atoms with Gasteiger partial charge in [-0.3, -0.25) is 0 Å². The van der Waals surface area contributed by atoms with Gasteiger partial charge in [0.1, 0.15) is 0 Å². The summed E-state index contributed by atoms with van der Waals surface area (Å²) >= 11 is 11.3. The Morgan fingerprint density at radius 1 is 1.46 bits per heavy atom. The van der Waals surface area contributed by atoms with Gasteiger partial charge in [-0.2, -0.15) is 0 Å². The van der Waals surface area contributed by atoms with Crippen LogP contribution in [0.4, 0.5) is 0 Å². The molecular formula is C10H17Cl2N. The van der Waals surface area contributed by atoms with Crippen LogP contribution < -0.4 is 5.32 Å². The molecule has 1 saturated carbocycles. The quantitative estimate of drug-likeness (QED) is 0.772. The maximum Gasteiger partial charge on any atom is 0.0432 e. The van der Waals surface area contributed by atoms with Crippen LogP contribution in [0.5, 0.6) is 0 Å². The zero-order valence-electron chi connectivity index (χ0n) is 8.19. The standard InChI is InChI=1S/C10H17Cl2N/c1-7-3-4-10(8(7)2)13-6-9(12)5-11/h5,7-8,10,13H,3-4,6H2,1-2H3/b9-5-. The van der Waals surface area contributed by atoms with Crippen molar-refractivity contribution in [2.45, 2.75) is 32.7 Å². The fraction of sp³-hybridized carbons (Fsp3) is 0.800. The molecule has 1 rings (SSSR count). The third kappa shape index (κ3) is 3.16. The molecule has 0 saturated heterocycles. The van der Waals surface area contributed by atoms with Crippen molar-refractivity contribution in [3.63, 3.8) is 0 Å². The van der Waals surface area contributed by atoms with E-state index in [-0.39, 0.29) is 0 Å². The Morgan fingerprint density at radius 2 is 2.15 bits per heavy atom. The van der Waals surface area contributed by atoms with Crippen molar-refractivity contribution in [3.8, 4) is 0 Å². The predicted molar refractivity (Wildman–Crippen MR) is 59.1 cm³/mol. The van der Waals surface area contributed by atoms with Crippen LogP contribution in [-0.2, 0) is 0 Å². The van der Waals surface area contributed by atoms with Crippen LogP contribution in [0.3, 0.4) is 0 Å². The lowest BCUT2D eigenvalue weighted by atomic mass is 9.98. The fourth-order valence-electron chi connectivity index (χ4n) is 1.92. The van der Waals surface area contributed by atoms with Gasteiger partial charge in [-0.15, -0.1) is 0 Å². The highest BCUT2D eigenvalue weighted by Gasteiger charge is 2.28. The number of hydrogen-bond acceptors (Lipinski definition) is 1. The molecule has 0 aromatic rings. The molecule has 0 aliphatic heterocycles. The average molecular weight is 222 g/mol. The Balaban J connectivity index is 2.30. The van der Waals surface area contributed by atoms with Crippen LogP contribution in [0.25, 0.3) is 0 Å². The molecule has 3 heteroatoms. The third-order valence-electron chi connectivity index (χ3n) is 3.12. The van der Waals surface area contributed by atoms with Crippen molar-refractivity contribution in [3.05, 3.63) is 10.6 Å². The first-order valence-corrected chi connectivity index (χ1v) is 5.64. The molecule has 0 heterocycles. The van der Waals surface area contributed by atoms with Gasteiger partial charge in [0.05, 0.1) is 0 Å². The average Bonchev–Trinajstić information content (AvgIpc) is 2.44. The third-order valence-corrected chi connectivity index (χ3v) is 3.73. The molecule has 0 amide bonds. The molecule has 76 valence electrons. The molecule has 1 aliphatic carbocycles. The number of halogens is 2. The van der Waals surface area contributed by atoms with E-state index in [4.69, 9.17) is 23.2 Å². The summed E-state index contributed by atoms with van der Waals surface area (Å²) in [5.74, 6) is 1.58. The minimum absolute atomic E-state index is 0.611. The van der Waals surface area contributed by atoms with Crippen LogP contribution >= 0.6 is 23.2 Å². The van der Waals surface area contributed by atoms with Crippen molar-refractivity contribution in [2.24, 2.45) is 11.8 Å². The highest BCUT2D eigenvalue weighted by molar-refractivity contribution is 6.36. The van der Waals surface area contributed by atoms with Crippen molar-refractivity contribution in [2.75, 3.05) is 6.54 Å². The summed E-state index contributed by atoms with van der Waals surface area (Å²) in [5.41, 5.74) is 1.43. The lowest BCUT2D eigenvalue weighted by molar-refractivity contribution is 0.380. The smallest absolute Gasteiger partial charge is 0.0432 e. The van der Waals surface area contributed by atoms with E-state index in [1.165, 1.54) is 18.4 Å². The van der Waals surface area contributed by atoms with E-state index in [0.717, 1.165) is 11.8 Å². The second kappa shape index (κ2) is 5.23. The summed E-state index contributed by atoms with van der Waals surface area (Å²) in [6.45, 7) is 5.31. The van der Waals surface area contributed by atoms with Crippen LogP contribution in [0.1, 0.15) is 26.7 Å². The topological polar surface area (TPSA) is 12.0 Å². The molecule has 1 N–H and O–H groups in total. The van der Waals surface area contributed by atoms with Gasteiger partial charge in [-0.25, -0.2) is 0 Å². The Kier molecular flexibility index (Phi) is 4.57. The molecule has 0 radical (unpaired) electrons. The lowest BCUT2D eigenvalue weighted by Crippen LogP contribution is -2.33. The highest BCUT2D eigenvalue weighted by Crippen LogP contribution is 2.31. The summed E-state index contributed by atoms with van der Waals surface area (Å²) in [6.07, 6.45) is 2.58. The molecule has 0 bridgehead atoms. The Morgan fingerprint density at radius 3 is 2.62 bits per heavy atom. The summed E-state index contributed by atoms with van der Waals surface area (Å²) in [5, 5.41) is 4.12. The first-order chi connectivity index (χ1) is 6.15. The zero-order valence-corrected chi connectivity index (χ0v) is 9.70. The van der Waals surface area contributed by atoms with Crippen molar-refractivity contribution in [1.82, 2.24) is 5.32 Å². The Bertz CT molecular complexity index is 191. The molecule has 1 nitrogen and oxygen atoms in total. The first kappa shape index (κ1) is 11.4. The van der Waals surface area contributed by atoms with Gasteiger partial charge in [0.2, 0.25) is 0 Å². The van der Waals surface area contributed by atoms with E-state index in [9.17, 15) is 0 Å². The van der Waals surface area contributed by atoms with Crippen molar-refractivity contribution in [1.29, 1.82) is 0 Å². The number of rotatable bonds is 3. The normalized spacial score (nSPS) is 35.4. The summed E-state index contributed by atoms with van der Waals surface area (Å²) in [4.78, 5) is 0. The van der Waals surface area contributed by atoms with Gasteiger partial charge in [0.25, 0.3) is 0 Å². The summed E-state index contributed by atoms with van der Waals surface area (Å²) in [7, 11) is 0. The van der Waals surface area contributed by atoms with Crippen molar-refractivity contribution >= 4 is 23.2 Å². The first-order valence-electron chi connectivity index (χ1n) is 4.83. The monoisotopic (exact) mass is 221 g/mol. The lowest BCUT2D eigenvalue weighted by Gasteiger charge is -2.19. The van der Waals surface area contributed by atoms with Gasteiger partial charge in [-0.05, 0) is 24.7 Å². The van der Waals surface area contributed by atoms with Crippen molar-refractivity contribution < 1.29 is 0 Å². The zero-order chi connectivity index (χ0) is 9.84. The molecule has 0 spiro atoms. The Labute approximate surface area is 90.5 Å². The van der Waals surface area contributed by atoms with E-state index in [1.807, 2.05) is 0 Å². The summed E-state index contributed by atoms with van der Waals surface area (Å²) in [6, 6.07) is 0.611. The minimum Gasteiger partial charge on any atom is -0.309 e.